The van der Waals surface area contributed by atoms with E-state index in [0.29, 0.717) is 0 Å². The second-order valence-electron chi connectivity index (χ2n) is 4.23. The van der Waals surface area contributed by atoms with Crippen LogP contribution in [0.2, 0.25) is 0 Å². The summed E-state index contributed by atoms with van der Waals surface area (Å²) in [6, 6.07) is 6.36. The number of nitrogens with zero attached hydrogens (tertiary/aromatic N) is 2. The molecule has 0 aliphatic carbocycles. The average molecular weight is 275 g/mol. The highest BCUT2D eigenvalue weighted by Gasteiger charge is 2.04. The summed E-state index contributed by atoms with van der Waals surface area (Å²) in [7, 11) is 0. The second kappa shape index (κ2) is 4.66. The SMILES string of the molecule is Cc1ccc2sc(NCc3nc(C)cs3)nc2c1. The van der Waals surface area contributed by atoms with Gasteiger partial charge in [0.1, 0.15) is 5.01 Å². The molecule has 3 aromatic rings. The lowest BCUT2D eigenvalue weighted by atomic mass is 10.2. The van der Waals surface area contributed by atoms with E-state index in [1.54, 1.807) is 22.7 Å². The van der Waals surface area contributed by atoms with Gasteiger partial charge in [-0.05, 0) is 31.5 Å². The van der Waals surface area contributed by atoms with Gasteiger partial charge >= 0.3 is 0 Å². The Bertz CT molecular complexity index is 684. The van der Waals surface area contributed by atoms with Gasteiger partial charge in [-0.1, -0.05) is 17.4 Å². The van der Waals surface area contributed by atoms with Gasteiger partial charge in [-0.15, -0.1) is 11.3 Å². The summed E-state index contributed by atoms with van der Waals surface area (Å²) in [4.78, 5) is 9.01. The molecule has 0 amide bonds. The van der Waals surface area contributed by atoms with Gasteiger partial charge in [0.2, 0.25) is 0 Å². The zero-order valence-corrected chi connectivity index (χ0v) is 11.9. The van der Waals surface area contributed by atoms with Crippen molar-refractivity contribution in [2.24, 2.45) is 0 Å². The molecule has 1 N–H and O–H groups in total. The number of rotatable bonds is 3. The van der Waals surface area contributed by atoms with Crippen LogP contribution in [0.15, 0.2) is 23.6 Å². The minimum absolute atomic E-state index is 0.747. The molecule has 5 heteroatoms. The molecule has 18 heavy (non-hydrogen) atoms. The molecule has 92 valence electrons. The Morgan fingerprint density at radius 2 is 2.11 bits per heavy atom. The van der Waals surface area contributed by atoms with Gasteiger partial charge in [0.15, 0.2) is 5.13 Å². The van der Waals surface area contributed by atoms with Gasteiger partial charge in [-0.25, -0.2) is 9.97 Å². The van der Waals surface area contributed by atoms with Crippen molar-refractivity contribution in [1.29, 1.82) is 0 Å². The first-order valence-corrected chi connectivity index (χ1v) is 7.42. The molecule has 3 nitrogen and oxygen atoms in total. The molecule has 0 aliphatic heterocycles. The van der Waals surface area contributed by atoms with E-state index < -0.39 is 0 Å². The Kier molecular flexibility index (Phi) is 3.01. The monoisotopic (exact) mass is 275 g/mol. The van der Waals surface area contributed by atoms with Crippen LogP contribution in [0.1, 0.15) is 16.3 Å². The summed E-state index contributed by atoms with van der Waals surface area (Å²) in [6.07, 6.45) is 0. The van der Waals surface area contributed by atoms with E-state index in [1.165, 1.54) is 10.3 Å². The van der Waals surface area contributed by atoms with Crippen molar-refractivity contribution in [2.45, 2.75) is 20.4 Å². The quantitative estimate of drug-likeness (QED) is 0.785. The molecule has 0 saturated carbocycles. The van der Waals surface area contributed by atoms with E-state index in [0.717, 1.165) is 27.9 Å². The summed E-state index contributed by atoms with van der Waals surface area (Å²) in [6.45, 7) is 4.85. The molecule has 0 spiro atoms. The minimum Gasteiger partial charge on any atom is -0.355 e. The predicted molar refractivity (Wildman–Crippen MR) is 78.5 cm³/mol. The van der Waals surface area contributed by atoms with Crippen LogP contribution in [0.4, 0.5) is 5.13 Å². The van der Waals surface area contributed by atoms with Crippen molar-refractivity contribution < 1.29 is 0 Å². The molecular formula is C13H13N3S2. The first kappa shape index (κ1) is 11.6. The zero-order chi connectivity index (χ0) is 12.5. The number of nitrogens with one attached hydrogen (secondary N) is 1. The molecule has 0 aliphatic rings. The van der Waals surface area contributed by atoms with E-state index in [4.69, 9.17) is 0 Å². The van der Waals surface area contributed by atoms with Gasteiger partial charge < -0.3 is 5.32 Å². The van der Waals surface area contributed by atoms with Crippen LogP contribution in [-0.4, -0.2) is 9.97 Å². The van der Waals surface area contributed by atoms with Crippen molar-refractivity contribution in [3.8, 4) is 0 Å². The lowest BCUT2D eigenvalue weighted by molar-refractivity contribution is 1.07. The molecular weight excluding hydrogens is 262 g/mol. The number of fused-ring (bicyclic) bond motifs is 1. The maximum atomic E-state index is 4.58. The maximum Gasteiger partial charge on any atom is 0.184 e. The Balaban J connectivity index is 1.78. The van der Waals surface area contributed by atoms with Crippen LogP contribution in [-0.2, 0) is 6.54 Å². The average Bonchev–Trinajstić information content (AvgIpc) is 2.92. The normalized spacial score (nSPS) is 11.0. The standard InChI is InChI=1S/C13H13N3S2/c1-8-3-4-11-10(5-8)16-13(18-11)14-6-12-15-9(2)7-17-12/h3-5,7H,6H2,1-2H3,(H,14,16). The van der Waals surface area contributed by atoms with E-state index in [2.05, 4.69) is 45.8 Å². The molecule has 1 aromatic carbocycles. The zero-order valence-electron chi connectivity index (χ0n) is 10.2. The van der Waals surface area contributed by atoms with Crippen molar-refractivity contribution in [2.75, 3.05) is 5.32 Å². The predicted octanol–water partition coefficient (Wildman–Crippen LogP) is 3.98. The number of aryl methyl sites for hydroxylation is 2. The van der Waals surface area contributed by atoms with E-state index >= 15 is 0 Å². The molecule has 0 unspecified atom stereocenters. The second-order valence-corrected chi connectivity index (χ2v) is 6.20. The maximum absolute atomic E-state index is 4.58. The number of hydrogen-bond acceptors (Lipinski definition) is 5. The fourth-order valence-electron chi connectivity index (χ4n) is 1.75. The van der Waals surface area contributed by atoms with E-state index in [-0.39, 0.29) is 0 Å². The summed E-state index contributed by atoms with van der Waals surface area (Å²) >= 11 is 3.37. The fourth-order valence-corrected chi connectivity index (χ4v) is 3.30. The first-order chi connectivity index (χ1) is 8.70. The Hall–Kier alpha value is -1.46. The molecule has 0 saturated heterocycles. The smallest absolute Gasteiger partial charge is 0.184 e. The van der Waals surface area contributed by atoms with E-state index in [9.17, 15) is 0 Å². The fraction of sp³-hybridized carbons (Fsp3) is 0.231. The van der Waals surface area contributed by atoms with Crippen LogP contribution < -0.4 is 5.32 Å². The topological polar surface area (TPSA) is 37.8 Å². The van der Waals surface area contributed by atoms with Gasteiger partial charge in [-0.2, -0.15) is 0 Å². The highest BCUT2D eigenvalue weighted by Crippen LogP contribution is 2.27. The molecule has 0 fully saturated rings. The van der Waals surface area contributed by atoms with Crippen molar-refractivity contribution in [3.63, 3.8) is 0 Å². The molecule has 2 aromatic heterocycles. The third-order valence-corrected chi connectivity index (χ3v) is 4.56. The molecule has 2 heterocycles. The summed E-state index contributed by atoms with van der Waals surface area (Å²) in [5, 5.41) is 7.47. The molecule has 0 radical (unpaired) electrons. The van der Waals surface area contributed by atoms with Gasteiger partial charge in [0.25, 0.3) is 0 Å². The number of benzene rings is 1. The minimum atomic E-state index is 0.747. The number of hydrogen-bond donors (Lipinski definition) is 1. The van der Waals surface area contributed by atoms with Gasteiger partial charge in [-0.3, -0.25) is 0 Å². The van der Waals surface area contributed by atoms with E-state index in [1.807, 2.05) is 6.92 Å². The Morgan fingerprint density at radius 3 is 2.89 bits per heavy atom. The third-order valence-electron chi connectivity index (χ3n) is 2.60. The van der Waals surface area contributed by atoms with Crippen LogP contribution in [0.25, 0.3) is 10.2 Å². The number of thiazole rings is 2. The van der Waals surface area contributed by atoms with Crippen molar-refractivity contribution >= 4 is 38.0 Å². The van der Waals surface area contributed by atoms with Crippen LogP contribution in [0.5, 0.6) is 0 Å². The highest BCUT2D eigenvalue weighted by atomic mass is 32.1. The lowest BCUT2D eigenvalue weighted by Crippen LogP contribution is -1.98. The number of anilines is 1. The van der Waals surface area contributed by atoms with Crippen molar-refractivity contribution in [3.05, 3.63) is 39.8 Å². The lowest BCUT2D eigenvalue weighted by Gasteiger charge is -1.97. The summed E-state index contributed by atoms with van der Waals surface area (Å²) < 4.78 is 1.22. The van der Waals surface area contributed by atoms with Crippen LogP contribution in [0.3, 0.4) is 0 Å². The largest absolute Gasteiger partial charge is 0.355 e. The van der Waals surface area contributed by atoms with Crippen LogP contribution in [0, 0.1) is 13.8 Å². The summed E-state index contributed by atoms with van der Waals surface area (Å²) in [5.74, 6) is 0. The van der Waals surface area contributed by atoms with Crippen LogP contribution >= 0.6 is 22.7 Å². The molecule has 3 rings (SSSR count). The Morgan fingerprint density at radius 1 is 1.22 bits per heavy atom. The number of aromatic nitrogens is 2. The van der Waals surface area contributed by atoms with Gasteiger partial charge in [0.05, 0.1) is 16.8 Å². The highest BCUT2D eigenvalue weighted by molar-refractivity contribution is 7.22. The molecule has 0 bridgehead atoms. The van der Waals surface area contributed by atoms with Gasteiger partial charge in [0, 0.05) is 11.1 Å². The molecule has 0 atom stereocenters. The Labute approximate surface area is 114 Å². The first-order valence-electron chi connectivity index (χ1n) is 5.73. The summed E-state index contributed by atoms with van der Waals surface area (Å²) in [5.41, 5.74) is 3.39. The van der Waals surface area contributed by atoms with Crippen molar-refractivity contribution in [1.82, 2.24) is 9.97 Å². The third kappa shape index (κ3) is 2.37.